The van der Waals surface area contributed by atoms with Crippen molar-refractivity contribution < 1.29 is 8.42 Å². The van der Waals surface area contributed by atoms with E-state index in [2.05, 4.69) is 12.2 Å². The molecule has 0 fully saturated rings. The molecule has 1 rings (SSSR count). The summed E-state index contributed by atoms with van der Waals surface area (Å²) in [5, 5.41) is 3.28. The van der Waals surface area contributed by atoms with E-state index in [9.17, 15) is 8.42 Å². The fourth-order valence-electron chi connectivity index (χ4n) is 1.40. The van der Waals surface area contributed by atoms with E-state index in [-0.39, 0.29) is 0 Å². The van der Waals surface area contributed by atoms with Crippen LogP contribution in [0.4, 0.5) is 0 Å². The van der Waals surface area contributed by atoms with Crippen LogP contribution >= 0.6 is 0 Å². The second-order valence-electron chi connectivity index (χ2n) is 4.39. The number of sulfone groups is 1. The van der Waals surface area contributed by atoms with Crippen LogP contribution < -0.4 is 11.1 Å². The summed E-state index contributed by atoms with van der Waals surface area (Å²) < 4.78 is 22.5. The summed E-state index contributed by atoms with van der Waals surface area (Å²) in [4.78, 5) is 0.358. The Balaban J connectivity index is 2.52. The summed E-state index contributed by atoms with van der Waals surface area (Å²) in [6, 6.07) is 6.93. The summed E-state index contributed by atoms with van der Waals surface area (Å²) in [5.41, 5.74) is 6.58. The molecule has 1 aromatic rings. The molecule has 0 amide bonds. The van der Waals surface area contributed by atoms with Crippen LogP contribution in [-0.4, -0.2) is 27.8 Å². The number of rotatable bonds is 6. The standard InChI is InChI=1S/C12H20N2O2S/c1-10(7-13)8-14-9-11-3-5-12(6-4-11)17(2,15)16/h3-6,10,14H,7-9,13H2,1-2H3. The summed E-state index contributed by atoms with van der Waals surface area (Å²) in [7, 11) is -3.09. The molecule has 0 aromatic heterocycles. The van der Waals surface area contributed by atoms with Crippen molar-refractivity contribution in [1.82, 2.24) is 5.32 Å². The predicted molar refractivity (Wildman–Crippen MR) is 69.5 cm³/mol. The third kappa shape index (κ3) is 4.85. The van der Waals surface area contributed by atoms with E-state index in [1.807, 2.05) is 12.1 Å². The van der Waals surface area contributed by atoms with Crippen molar-refractivity contribution in [3.63, 3.8) is 0 Å². The van der Waals surface area contributed by atoms with E-state index in [1.54, 1.807) is 12.1 Å². The highest BCUT2D eigenvalue weighted by atomic mass is 32.2. The Morgan fingerprint density at radius 1 is 1.29 bits per heavy atom. The number of hydrogen-bond donors (Lipinski definition) is 2. The molecule has 1 unspecified atom stereocenters. The lowest BCUT2D eigenvalue weighted by Crippen LogP contribution is -2.25. The van der Waals surface area contributed by atoms with Gasteiger partial charge in [0.2, 0.25) is 0 Å². The van der Waals surface area contributed by atoms with Gasteiger partial charge in [-0.15, -0.1) is 0 Å². The number of hydrogen-bond acceptors (Lipinski definition) is 4. The summed E-state index contributed by atoms with van der Waals surface area (Å²) in [5.74, 6) is 0.449. The minimum Gasteiger partial charge on any atom is -0.330 e. The lowest BCUT2D eigenvalue weighted by atomic mass is 10.1. The fraction of sp³-hybridized carbons (Fsp3) is 0.500. The Hall–Kier alpha value is -0.910. The molecule has 1 aromatic carbocycles. The lowest BCUT2D eigenvalue weighted by Gasteiger charge is -2.10. The summed E-state index contributed by atoms with van der Waals surface area (Å²) in [6.45, 7) is 4.35. The minimum atomic E-state index is -3.09. The first-order chi connectivity index (χ1) is 7.93. The highest BCUT2D eigenvalue weighted by molar-refractivity contribution is 7.90. The van der Waals surface area contributed by atoms with E-state index in [1.165, 1.54) is 6.26 Å². The van der Waals surface area contributed by atoms with Crippen molar-refractivity contribution in [3.8, 4) is 0 Å². The third-order valence-corrected chi connectivity index (χ3v) is 3.70. The Morgan fingerprint density at radius 3 is 2.35 bits per heavy atom. The van der Waals surface area contributed by atoms with Gasteiger partial charge < -0.3 is 11.1 Å². The molecule has 0 heterocycles. The van der Waals surface area contributed by atoms with Crippen molar-refractivity contribution >= 4 is 9.84 Å². The van der Waals surface area contributed by atoms with E-state index in [0.29, 0.717) is 17.4 Å². The van der Waals surface area contributed by atoms with Crippen molar-refractivity contribution in [3.05, 3.63) is 29.8 Å². The smallest absolute Gasteiger partial charge is 0.175 e. The Morgan fingerprint density at radius 2 is 1.88 bits per heavy atom. The van der Waals surface area contributed by atoms with Gasteiger partial charge in [-0.2, -0.15) is 0 Å². The Labute approximate surface area is 103 Å². The van der Waals surface area contributed by atoms with E-state index >= 15 is 0 Å². The molecule has 1 atom stereocenters. The maximum Gasteiger partial charge on any atom is 0.175 e. The van der Waals surface area contributed by atoms with Crippen molar-refractivity contribution in [2.24, 2.45) is 11.7 Å². The van der Waals surface area contributed by atoms with Crippen LogP contribution in [0.5, 0.6) is 0 Å². The van der Waals surface area contributed by atoms with Crippen LogP contribution in [0.25, 0.3) is 0 Å². The molecule has 3 N–H and O–H groups in total. The molecule has 0 bridgehead atoms. The molecule has 0 saturated heterocycles. The molecular formula is C12H20N2O2S. The maximum absolute atomic E-state index is 11.3. The lowest BCUT2D eigenvalue weighted by molar-refractivity contribution is 0.522. The highest BCUT2D eigenvalue weighted by Gasteiger charge is 2.06. The van der Waals surface area contributed by atoms with Gasteiger partial charge in [0.05, 0.1) is 4.90 Å². The molecular weight excluding hydrogens is 236 g/mol. The zero-order chi connectivity index (χ0) is 12.9. The zero-order valence-corrected chi connectivity index (χ0v) is 11.1. The van der Waals surface area contributed by atoms with Gasteiger partial charge >= 0.3 is 0 Å². The number of nitrogens with one attached hydrogen (secondary N) is 1. The van der Waals surface area contributed by atoms with Crippen LogP contribution in [0.3, 0.4) is 0 Å². The van der Waals surface area contributed by atoms with Crippen LogP contribution in [0, 0.1) is 5.92 Å². The van der Waals surface area contributed by atoms with Gasteiger partial charge in [-0.3, -0.25) is 0 Å². The van der Waals surface area contributed by atoms with Gasteiger partial charge in [-0.25, -0.2) is 8.42 Å². The SMILES string of the molecule is CC(CN)CNCc1ccc(S(C)(=O)=O)cc1. The molecule has 5 heteroatoms. The van der Waals surface area contributed by atoms with Gasteiger partial charge in [-0.1, -0.05) is 19.1 Å². The number of nitrogens with two attached hydrogens (primary N) is 1. The number of benzene rings is 1. The van der Waals surface area contributed by atoms with Crippen molar-refractivity contribution in [2.75, 3.05) is 19.3 Å². The first-order valence-electron chi connectivity index (χ1n) is 5.63. The topological polar surface area (TPSA) is 72.2 Å². The molecule has 4 nitrogen and oxygen atoms in total. The van der Waals surface area contributed by atoms with Gasteiger partial charge in [-0.05, 0) is 36.7 Å². The van der Waals surface area contributed by atoms with Crippen LogP contribution in [0.15, 0.2) is 29.2 Å². The molecule has 0 radical (unpaired) electrons. The monoisotopic (exact) mass is 256 g/mol. The Kier molecular flexibility index (Phi) is 5.11. The quantitative estimate of drug-likeness (QED) is 0.789. The highest BCUT2D eigenvalue weighted by Crippen LogP contribution is 2.10. The minimum absolute atomic E-state index is 0.358. The molecule has 0 aliphatic rings. The van der Waals surface area contributed by atoms with E-state index in [0.717, 1.165) is 18.7 Å². The summed E-state index contributed by atoms with van der Waals surface area (Å²) in [6.07, 6.45) is 1.21. The average molecular weight is 256 g/mol. The maximum atomic E-state index is 11.3. The first-order valence-corrected chi connectivity index (χ1v) is 7.52. The summed E-state index contributed by atoms with van der Waals surface area (Å²) >= 11 is 0. The third-order valence-electron chi connectivity index (χ3n) is 2.58. The van der Waals surface area contributed by atoms with Crippen LogP contribution in [-0.2, 0) is 16.4 Å². The van der Waals surface area contributed by atoms with Crippen LogP contribution in [0.1, 0.15) is 12.5 Å². The second-order valence-corrected chi connectivity index (χ2v) is 6.40. The van der Waals surface area contributed by atoms with Gasteiger partial charge in [0.1, 0.15) is 0 Å². The van der Waals surface area contributed by atoms with E-state index < -0.39 is 9.84 Å². The van der Waals surface area contributed by atoms with Gasteiger partial charge in [0, 0.05) is 12.8 Å². The fourth-order valence-corrected chi connectivity index (χ4v) is 2.03. The molecule has 0 aliphatic heterocycles. The average Bonchev–Trinajstić information content (AvgIpc) is 2.28. The first kappa shape index (κ1) is 14.2. The largest absolute Gasteiger partial charge is 0.330 e. The molecule has 96 valence electrons. The molecule has 0 aliphatic carbocycles. The van der Waals surface area contributed by atoms with Crippen molar-refractivity contribution in [2.45, 2.75) is 18.4 Å². The van der Waals surface area contributed by atoms with Crippen molar-refractivity contribution in [1.29, 1.82) is 0 Å². The zero-order valence-electron chi connectivity index (χ0n) is 10.3. The van der Waals surface area contributed by atoms with Crippen LogP contribution in [0.2, 0.25) is 0 Å². The Bertz CT molecular complexity index is 440. The normalized spacial score (nSPS) is 13.6. The van der Waals surface area contributed by atoms with Gasteiger partial charge in [0.15, 0.2) is 9.84 Å². The second kappa shape index (κ2) is 6.14. The molecule has 0 spiro atoms. The van der Waals surface area contributed by atoms with Gasteiger partial charge in [0.25, 0.3) is 0 Å². The molecule has 17 heavy (non-hydrogen) atoms. The predicted octanol–water partition coefficient (Wildman–Crippen LogP) is 0.775. The molecule has 0 saturated carbocycles. The van der Waals surface area contributed by atoms with E-state index in [4.69, 9.17) is 5.73 Å².